The summed E-state index contributed by atoms with van der Waals surface area (Å²) in [4.78, 5) is 15.2. The number of aromatic nitrogens is 2. The number of carbonyl (C=O) groups excluding carboxylic acids is 1. The van der Waals surface area contributed by atoms with Gasteiger partial charge in [0.25, 0.3) is 10.7 Å². The number of hydrogen-bond donors (Lipinski definition) is 3. The van der Waals surface area contributed by atoms with Crippen molar-refractivity contribution in [2.45, 2.75) is 33.0 Å². The third kappa shape index (κ3) is 5.88. The van der Waals surface area contributed by atoms with Gasteiger partial charge in [-0.3, -0.25) is 4.79 Å². The van der Waals surface area contributed by atoms with Crippen molar-refractivity contribution in [3.63, 3.8) is 0 Å². The molecule has 7 nitrogen and oxygen atoms in total. The van der Waals surface area contributed by atoms with Crippen molar-refractivity contribution in [2.24, 2.45) is 0 Å². The Morgan fingerprint density at radius 3 is 2.43 bits per heavy atom. The van der Waals surface area contributed by atoms with E-state index in [0.717, 1.165) is 31.7 Å². The molecule has 0 atom stereocenters. The quantitative estimate of drug-likeness (QED) is 0.598. The van der Waals surface area contributed by atoms with Crippen LogP contribution in [0.2, 0.25) is 5.02 Å². The Morgan fingerprint density at radius 2 is 1.82 bits per heavy atom. The molecule has 0 saturated carbocycles. The van der Waals surface area contributed by atoms with Crippen molar-refractivity contribution in [1.82, 2.24) is 15.1 Å². The summed E-state index contributed by atoms with van der Waals surface area (Å²) in [7, 11) is 0. The molecule has 0 unspecified atom stereocenters. The summed E-state index contributed by atoms with van der Waals surface area (Å²) in [5.41, 5.74) is 0.665. The van der Waals surface area contributed by atoms with E-state index in [1.807, 2.05) is 32.9 Å². The predicted octanol–water partition coefficient (Wildman–Crippen LogP) is 0.182. The minimum absolute atomic E-state index is 0.109. The summed E-state index contributed by atoms with van der Waals surface area (Å²) in [6.45, 7) is 11.0. The fraction of sp³-hybridized carbons (Fsp3) is 0.526. The van der Waals surface area contributed by atoms with E-state index < -0.39 is 0 Å². The molecule has 3 rings (SSSR count). The number of nitrogens with zero attached hydrogens (tertiary/aromatic N) is 2. The SMILES string of the molecule is CC(C)(C)NC(=O)C[NH+]1CC[NH+](Cn2nc(-c3ccc(Cl)cc3)oc2=S)CC1. The van der Waals surface area contributed by atoms with E-state index in [1.165, 1.54) is 9.80 Å². The molecular weight excluding hydrogens is 398 g/mol. The maximum Gasteiger partial charge on any atom is 0.292 e. The van der Waals surface area contributed by atoms with Crippen molar-refractivity contribution in [2.75, 3.05) is 32.7 Å². The van der Waals surface area contributed by atoms with E-state index >= 15 is 0 Å². The molecule has 3 N–H and O–H groups in total. The van der Waals surface area contributed by atoms with Crippen LogP contribution in [0.25, 0.3) is 11.5 Å². The van der Waals surface area contributed by atoms with Crippen LogP contribution in [0.3, 0.4) is 0 Å². The molecule has 1 aliphatic rings. The average molecular weight is 426 g/mol. The van der Waals surface area contributed by atoms with Gasteiger partial charge in [-0.25, -0.2) is 0 Å². The standard InChI is InChI=1S/C19H26ClN5O2S/c1-19(2,3)21-16(26)12-23-8-10-24(11-9-23)13-25-18(28)27-17(22-25)14-4-6-15(20)7-5-14/h4-7H,8-13H2,1-3H3,(H,21,26)/p+2. The van der Waals surface area contributed by atoms with Crippen LogP contribution in [0.4, 0.5) is 0 Å². The topological polar surface area (TPSA) is 68.9 Å². The first-order chi connectivity index (χ1) is 13.2. The number of nitrogens with one attached hydrogen (secondary N) is 3. The van der Waals surface area contributed by atoms with Crippen molar-refractivity contribution in [1.29, 1.82) is 0 Å². The van der Waals surface area contributed by atoms with Crippen LogP contribution in [0, 0.1) is 4.84 Å². The Labute approximate surface area is 175 Å². The molecule has 1 fully saturated rings. The van der Waals surface area contributed by atoms with Gasteiger partial charge in [0.15, 0.2) is 13.2 Å². The van der Waals surface area contributed by atoms with Crippen LogP contribution in [-0.2, 0) is 11.5 Å². The van der Waals surface area contributed by atoms with Crippen molar-refractivity contribution in [3.05, 3.63) is 34.1 Å². The summed E-state index contributed by atoms with van der Waals surface area (Å²) < 4.78 is 7.40. The Balaban J connectivity index is 1.53. The summed E-state index contributed by atoms with van der Waals surface area (Å²) in [5, 5.41) is 8.22. The van der Waals surface area contributed by atoms with Gasteiger partial charge < -0.3 is 19.5 Å². The summed E-state index contributed by atoms with van der Waals surface area (Å²) in [6, 6.07) is 7.34. The van der Waals surface area contributed by atoms with E-state index in [9.17, 15) is 4.79 Å². The maximum absolute atomic E-state index is 12.1. The van der Waals surface area contributed by atoms with Gasteiger partial charge in [0.1, 0.15) is 26.2 Å². The van der Waals surface area contributed by atoms with Crippen LogP contribution >= 0.6 is 23.8 Å². The van der Waals surface area contributed by atoms with Crippen LogP contribution in [0.15, 0.2) is 28.7 Å². The Hall–Kier alpha value is -1.74. The molecule has 9 heteroatoms. The number of rotatable bonds is 5. The zero-order valence-electron chi connectivity index (χ0n) is 16.5. The largest absolute Gasteiger partial charge is 0.409 e. The molecule has 1 saturated heterocycles. The number of halogens is 1. The van der Waals surface area contributed by atoms with Gasteiger partial charge in [-0.2, -0.15) is 4.68 Å². The summed E-state index contributed by atoms with van der Waals surface area (Å²) >= 11 is 11.3. The lowest BCUT2D eigenvalue weighted by Gasteiger charge is -2.30. The molecule has 1 aliphatic heterocycles. The fourth-order valence-electron chi connectivity index (χ4n) is 3.31. The zero-order chi connectivity index (χ0) is 20.3. The third-order valence-electron chi connectivity index (χ3n) is 4.66. The lowest BCUT2D eigenvalue weighted by molar-refractivity contribution is -1.02. The first-order valence-electron chi connectivity index (χ1n) is 9.52. The van der Waals surface area contributed by atoms with E-state index in [1.54, 1.807) is 16.8 Å². The van der Waals surface area contributed by atoms with E-state index in [-0.39, 0.29) is 11.4 Å². The minimum atomic E-state index is -0.186. The van der Waals surface area contributed by atoms with Gasteiger partial charge in [-0.15, -0.1) is 5.10 Å². The highest BCUT2D eigenvalue weighted by molar-refractivity contribution is 7.71. The fourth-order valence-corrected chi connectivity index (χ4v) is 3.62. The highest BCUT2D eigenvalue weighted by Crippen LogP contribution is 2.19. The van der Waals surface area contributed by atoms with Crippen LogP contribution in [0.1, 0.15) is 20.8 Å². The third-order valence-corrected chi connectivity index (χ3v) is 5.21. The molecule has 2 aromatic rings. The average Bonchev–Trinajstić information content (AvgIpc) is 2.96. The molecule has 28 heavy (non-hydrogen) atoms. The Morgan fingerprint density at radius 1 is 1.21 bits per heavy atom. The van der Waals surface area contributed by atoms with E-state index in [0.29, 0.717) is 29.0 Å². The number of hydrogen-bond acceptors (Lipinski definition) is 4. The number of quaternary nitrogens is 2. The number of benzene rings is 1. The van der Waals surface area contributed by atoms with Crippen LogP contribution in [-0.4, -0.2) is 54.0 Å². The second-order valence-corrected chi connectivity index (χ2v) is 9.10. The molecule has 0 spiro atoms. The zero-order valence-corrected chi connectivity index (χ0v) is 18.1. The van der Waals surface area contributed by atoms with Crippen LogP contribution in [0.5, 0.6) is 0 Å². The van der Waals surface area contributed by atoms with Gasteiger partial charge >= 0.3 is 0 Å². The molecule has 152 valence electrons. The normalized spacial score (nSPS) is 20.1. The van der Waals surface area contributed by atoms with E-state index in [4.69, 9.17) is 28.2 Å². The lowest BCUT2D eigenvalue weighted by atomic mass is 10.1. The van der Waals surface area contributed by atoms with Crippen molar-refractivity contribution >= 4 is 29.7 Å². The highest BCUT2D eigenvalue weighted by atomic mass is 35.5. The van der Waals surface area contributed by atoms with Gasteiger partial charge in [-0.1, -0.05) is 11.6 Å². The van der Waals surface area contributed by atoms with Gasteiger partial charge in [-0.05, 0) is 57.3 Å². The van der Waals surface area contributed by atoms with Gasteiger partial charge in [0.05, 0.1) is 0 Å². The molecule has 0 radical (unpaired) electrons. The smallest absolute Gasteiger partial charge is 0.292 e. The first-order valence-corrected chi connectivity index (χ1v) is 10.3. The molecule has 1 aromatic heterocycles. The van der Waals surface area contributed by atoms with Gasteiger partial charge in [0.2, 0.25) is 5.89 Å². The van der Waals surface area contributed by atoms with Crippen molar-refractivity contribution < 1.29 is 19.0 Å². The maximum atomic E-state index is 12.1. The minimum Gasteiger partial charge on any atom is -0.409 e. The molecular formula is C19H28ClN5O2S+2. The summed E-state index contributed by atoms with van der Waals surface area (Å²) in [6.07, 6.45) is 0. The molecule has 0 aliphatic carbocycles. The molecule has 2 heterocycles. The second kappa shape index (κ2) is 8.73. The van der Waals surface area contributed by atoms with E-state index in [2.05, 4.69) is 10.4 Å². The number of amides is 1. The Kier molecular flexibility index (Phi) is 6.54. The van der Waals surface area contributed by atoms with Gasteiger partial charge in [0, 0.05) is 16.1 Å². The summed E-state index contributed by atoms with van der Waals surface area (Å²) in [5.74, 6) is 0.612. The molecule has 1 amide bonds. The number of piperazine rings is 1. The van der Waals surface area contributed by atoms with Crippen LogP contribution < -0.4 is 15.1 Å². The van der Waals surface area contributed by atoms with Crippen molar-refractivity contribution in [3.8, 4) is 11.5 Å². The Bertz CT molecular complexity index is 864. The predicted molar refractivity (Wildman–Crippen MR) is 110 cm³/mol. The monoisotopic (exact) mass is 425 g/mol. The molecule has 1 aromatic carbocycles. The number of carbonyl (C=O) groups is 1. The first kappa shape index (κ1) is 21.0. The second-order valence-electron chi connectivity index (χ2n) is 8.31. The highest BCUT2D eigenvalue weighted by Gasteiger charge is 2.27. The molecule has 0 bridgehead atoms. The lowest BCUT2D eigenvalue weighted by Crippen LogP contribution is -3.28.